The molecule has 0 aliphatic carbocycles. The van der Waals surface area contributed by atoms with E-state index in [1.54, 1.807) is 27.7 Å². The number of hydrogen-bond donors (Lipinski definition) is 0. The van der Waals surface area contributed by atoms with Gasteiger partial charge >= 0.3 is 6.18 Å². The van der Waals surface area contributed by atoms with Crippen LogP contribution in [0.4, 0.5) is 13.2 Å². The summed E-state index contributed by atoms with van der Waals surface area (Å²) < 4.78 is 73.6. The lowest BCUT2D eigenvalue weighted by molar-refractivity contribution is -0.230. The van der Waals surface area contributed by atoms with E-state index in [1.165, 1.54) is 12.1 Å². The number of alkyl halides is 3. The van der Waals surface area contributed by atoms with E-state index in [0.717, 1.165) is 12.1 Å². The van der Waals surface area contributed by atoms with Crippen LogP contribution in [0.5, 0.6) is 5.75 Å². The van der Waals surface area contributed by atoms with Gasteiger partial charge in [-0.3, -0.25) is 0 Å². The van der Waals surface area contributed by atoms with E-state index in [0.29, 0.717) is 6.61 Å². The monoisotopic (exact) mass is 404 g/mol. The van der Waals surface area contributed by atoms with Crippen molar-refractivity contribution in [2.75, 3.05) is 6.61 Å². The van der Waals surface area contributed by atoms with Gasteiger partial charge in [0.05, 0.1) is 12.2 Å². The normalized spacial score (nSPS) is 36.5. The van der Waals surface area contributed by atoms with Crippen molar-refractivity contribution in [1.29, 1.82) is 0 Å². The summed E-state index contributed by atoms with van der Waals surface area (Å²) in [7, 11) is 0. The molecule has 0 N–H and O–H groups in total. The Balaban J connectivity index is 1.55. The van der Waals surface area contributed by atoms with Crippen molar-refractivity contribution in [3.8, 4) is 5.75 Å². The molecule has 0 spiro atoms. The van der Waals surface area contributed by atoms with Gasteiger partial charge < -0.3 is 28.4 Å². The van der Waals surface area contributed by atoms with Gasteiger partial charge in [-0.25, -0.2) is 0 Å². The Morgan fingerprint density at radius 2 is 1.61 bits per heavy atom. The lowest BCUT2D eigenvalue weighted by atomic mass is 10.1. The van der Waals surface area contributed by atoms with Crippen molar-refractivity contribution >= 4 is 0 Å². The molecule has 1 aromatic carbocycles. The minimum Gasteiger partial charge on any atom is -0.485 e. The molecule has 0 bridgehead atoms. The zero-order chi connectivity index (χ0) is 20.3. The highest BCUT2D eigenvalue weighted by Crippen LogP contribution is 2.42. The minimum absolute atomic E-state index is 0.277. The van der Waals surface area contributed by atoms with E-state index in [4.69, 9.17) is 28.4 Å². The molecule has 28 heavy (non-hydrogen) atoms. The summed E-state index contributed by atoms with van der Waals surface area (Å²) in [4.78, 5) is 0. The van der Waals surface area contributed by atoms with E-state index in [-0.39, 0.29) is 5.75 Å². The fourth-order valence-corrected chi connectivity index (χ4v) is 3.69. The Bertz CT molecular complexity index is 717. The van der Waals surface area contributed by atoms with Crippen molar-refractivity contribution in [2.24, 2.45) is 0 Å². The van der Waals surface area contributed by atoms with Gasteiger partial charge in [0.25, 0.3) is 0 Å². The fourth-order valence-electron chi connectivity index (χ4n) is 3.69. The molecule has 3 aliphatic heterocycles. The molecule has 4 rings (SSSR count). The topological polar surface area (TPSA) is 55.4 Å². The molecule has 0 amide bonds. The van der Waals surface area contributed by atoms with Crippen molar-refractivity contribution in [3.05, 3.63) is 29.8 Å². The Morgan fingerprint density at radius 1 is 0.929 bits per heavy atom. The molecule has 9 heteroatoms. The molecule has 3 fully saturated rings. The van der Waals surface area contributed by atoms with Crippen LogP contribution in [-0.2, 0) is 29.9 Å². The van der Waals surface area contributed by atoms with Crippen molar-refractivity contribution in [3.63, 3.8) is 0 Å². The Kier molecular flexibility index (Phi) is 4.67. The predicted molar refractivity (Wildman–Crippen MR) is 89.5 cm³/mol. The van der Waals surface area contributed by atoms with Crippen molar-refractivity contribution in [2.45, 2.75) is 76.2 Å². The molecule has 0 saturated carbocycles. The lowest BCUT2D eigenvalue weighted by Crippen LogP contribution is -2.45. The molecule has 0 aromatic heterocycles. The molecular weight excluding hydrogens is 381 g/mol. The van der Waals surface area contributed by atoms with Crippen LogP contribution in [-0.4, -0.2) is 48.9 Å². The van der Waals surface area contributed by atoms with Crippen molar-refractivity contribution in [1.82, 2.24) is 0 Å². The standard InChI is InChI=1S/C19H23F3O6/c1-17(2)23-9-12(26-17)13-14(15-16(25-13)28-18(3,4)27-15)24-11-7-5-10(6-8-11)19(20,21)22/h5-8,12-16H,9H2,1-4H3/t12-,13-,14+,15-,16-/m1/s1. The highest BCUT2D eigenvalue weighted by molar-refractivity contribution is 5.29. The summed E-state index contributed by atoms with van der Waals surface area (Å²) in [6.45, 7) is 7.41. The Morgan fingerprint density at radius 3 is 2.18 bits per heavy atom. The molecule has 0 unspecified atom stereocenters. The number of fused-ring (bicyclic) bond motifs is 1. The Hall–Kier alpha value is -1.39. The Labute approximate surface area is 160 Å². The van der Waals surface area contributed by atoms with Gasteiger partial charge in [0.1, 0.15) is 18.0 Å². The smallest absolute Gasteiger partial charge is 0.416 e. The van der Waals surface area contributed by atoms with Gasteiger partial charge in [-0.05, 0) is 52.0 Å². The van der Waals surface area contributed by atoms with Gasteiger partial charge in [-0.1, -0.05) is 0 Å². The largest absolute Gasteiger partial charge is 0.485 e. The number of benzene rings is 1. The van der Waals surface area contributed by atoms with E-state index in [1.807, 2.05) is 0 Å². The molecule has 3 heterocycles. The molecule has 0 radical (unpaired) electrons. The van der Waals surface area contributed by atoms with Gasteiger partial charge in [-0.15, -0.1) is 0 Å². The maximum Gasteiger partial charge on any atom is 0.416 e. The first kappa shape index (κ1) is 19.9. The van der Waals surface area contributed by atoms with Crippen LogP contribution < -0.4 is 4.74 Å². The first-order valence-electron chi connectivity index (χ1n) is 9.10. The zero-order valence-corrected chi connectivity index (χ0v) is 16.0. The van der Waals surface area contributed by atoms with Crippen LogP contribution in [0.25, 0.3) is 0 Å². The summed E-state index contributed by atoms with van der Waals surface area (Å²) in [5, 5.41) is 0. The predicted octanol–water partition coefficient (Wildman–Crippen LogP) is 3.48. The third kappa shape index (κ3) is 3.86. The fraction of sp³-hybridized carbons (Fsp3) is 0.684. The van der Waals surface area contributed by atoms with Gasteiger partial charge in [0.15, 0.2) is 30.1 Å². The average molecular weight is 404 g/mol. The molecule has 1 aromatic rings. The van der Waals surface area contributed by atoms with Crippen LogP contribution in [0.2, 0.25) is 0 Å². The quantitative estimate of drug-likeness (QED) is 0.769. The second-order valence-corrected chi connectivity index (χ2v) is 8.04. The van der Waals surface area contributed by atoms with Gasteiger partial charge in [0, 0.05) is 0 Å². The SMILES string of the molecule is CC1(C)O[C@H]2O[C@H]([C@H]3COC(C)(C)O3)[C@H](Oc3ccc(C(F)(F)F)cc3)[C@H]2O1. The number of hydrogen-bond acceptors (Lipinski definition) is 6. The van der Waals surface area contributed by atoms with Crippen LogP contribution in [0.15, 0.2) is 24.3 Å². The van der Waals surface area contributed by atoms with E-state index >= 15 is 0 Å². The number of halogens is 3. The van der Waals surface area contributed by atoms with Crippen molar-refractivity contribution < 1.29 is 41.6 Å². The number of ether oxygens (including phenoxy) is 6. The summed E-state index contributed by atoms with van der Waals surface area (Å²) in [5.41, 5.74) is -0.743. The number of rotatable bonds is 3. The molecule has 6 nitrogen and oxygen atoms in total. The molecule has 3 saturated heterocycles. The van der Waals surface area contributed by atoms with E-state index in [2.05, 4.69) is 0 Å². The van der Waals surface area contributed by atoms with Gasteiger partial charge in [0.2, 0.25) is 0 Å². The first-order chi connectivity index (χ1) is 12.9. The lowest BCUT2D eigenvalue weighted by Gasteiger charge is -2.29. The van der Waals surface area contributed by atoms with Crippen LogP contribution in [0, 0.1) is 0 Å². The zero-order valence-electron chi connectivity index (χ0n) is 16.0. The summed E-state index contributed by atoms with van der Waals surface area (Å²) in [6, 6.07) is 4.52. The molecule has 3 aliphatic rings. The average Bonchev–Trinajstić information content (AvgIpc) is 3.18. The highest BCUT2D eigenvalue weighted by atomic mass is 19.4. The van der Waals surface area contributed by atoms with Crippen LogP contribution >= 0.6 is 0 Å². The molecular formula is C19H23F3O6. The maximum atomic E-state index is 12.8. The summed E-state index contributed by atoms with van der Waals surface area (Å²) in [6.07, 6.45) is -7.23. The summed E-state index contributed by atoms with van der Waals surface area (Å²) >= 11 is 0. The van der Waals surface area contributed by atoms with Crippen LogP contribution in [0.3, 0.4) is 0 Å². The minimum atomic E-state index is -4.41. The highest BCUT2D eigenvalue weighted by Gasteiger charge is 2.59. The maximum absolute atomic E-state index is 12.8. The summed E-state index contributed by atoms with van der Waals surface area (Å²) in [5.74, 6) is -1.33. The second-order valence-electron chi connectivity index (χ2n) is 8.04. The van der Waals surface area contributed by atoms with Gasteiger partial charge in [-0.2, -0.15) is 13.2 Å². The molecule has 5 atom stereocenters. The third-order valence-electron chi connectivity index (χ3n) is 4.88. The van der Waals surface area contributed by atoms with E-state index in [9.17, 15) is 13.2 Å². The first-order valence-corrected chi connectivity index (χ1v) is 9.10. The second kappa shape index (κ2) is 6.56. The van der Waals surface area contributed by atoms with Crippen LogP contribution in [0.1, 0.15) is 33.3 Å². The molecule has 156 valence electrons. The third-order valence-corrected chi connectivity index (χ3v) is 4.88. The van der Waals surface area contributed by atoms with E-state index < -0.39 is 54.0 Å².